The molecule has 176 valence electrons. The lowest BCUT2D eigenvalue weighted by atomic mass is 10.0. The molecule has 1 aliphatic rings. The van der Waals surface area contributed by atoms with Crippen LogP contribution in [-0.2, 0) is 4.79 Å². The quantitative estimate of drug-likeness (QED) is 0.410. The molecule has 2 amide bonds. The van der Waals surface area contributed by atoms with E-state index in [2.05, 4.69) is 15.5 Å². The molecule has 1 saturated heterocycles. The van der Waals surface area contributed by atoms with E-state index in [1.165, 1.54) is 11.3 Å². The summed E-state index contributed by atoms with van der Waals surface area (Å²) in [6.45, 7) is 0.546. The van der Waals surface area contributed by atoms with Crippen molar-refractivity contribution in [2.75, 3.05) is 19.0 Å². The lowest BCUT2D eigenvalue weighted by Gasteiger charge is -2.23. The molecular weight excluding hydrogens is 460 g/mol. The Hall–Kier alpha value is -4.04. The normalized spacial score (nSPS) is 15.1. The highest BCUT2D eigenvalue weighted by molar-refractivity contribution is 7.18. The van der Waals surface area contributed by atoms with E-state index >= 15 is 0 Å². The molecule has 35 heavy (non-hydrogen) atoms. The molecule has 3 aromatic carbocycles. The van der Waals surface area contributed by atoms with Crippen molar-refractivity contribution < 1.29 is 14.3 Å². The Morgan fingerprint density at radius 2 is 1.60 bits per heavy atom. The Morgan fingerprint density at radius 3 is 2.31 bits per heavy atom. The number of carbonyl (C=O) groups excluding carboxylic acids is 2. The number of aromatic nitrogens is 2. The molecule has 1 atom stereocenters. The molecule has 1 aliphatic heterocycles. The maximum atomic E-state index is 13.2. The summed E-state index contributed by atoms with van der Waals surface area (Å²) in [5, 5.41) is 12.3. The van der Waals surface area contributed by atoms with Crippen LogP contribution < -0.4 is 10.1 Å². The smallest absolute Gasteiger partial charge is 0.254 e. The van der Waals surface area contributed by atoms with Gasteiger partial charge in [0, 0.05) is 17.7 Å². The highest BCUT2D eigenvalue weighted by Gasteiger charge is 2.35. The van der Waals surface area contributed by atoms with Crippen LogP contribution in [0.1, 0.15) is 23.2 Å². The fourth-order valence-corrected chi connectivity index (χ4v) is 4.95. The molecule has 2 heterocycles. The van der Waals surface area contributed by atoms with Crippen LogP contribution >= 0.6 is 11.3 Å². The van der Waals surface area contributed by atoms with E-state index in [1.54, 1.807) is 12.0 Å². The summed E-state index contributed by atoms with van der Waals surface area (Å²) in [5.74, 6) is 0.375. The number of carbonyl (C=O) groups is 2. The van der Waals surface area contributed by atoms with Gasteiger partial charge >= 0.3 is 0 Å². The van der Waals surface area contributed by atoms with Crippen molar-refractivity contribution in [3.63, 3.8) is 0 Å². The van der Waals surface area contributed by atoms with Gasteiger partial charge in [-0.25, -0.2) is 0 Å². The van der Waals surface area contributed by atoms with Crippen molar-refractivity contribution >= 4 is 28.3 Å². The molecule has 1 aromatic heterocycles. The van der Waals surface area contributed by atoms with Crippen LogP contribution in [0.15, 0.2) is 78.9 Å². The number of hydrogen-bond donors (Lipinski definition) is 1. The summed E-state index contributed by atoms with van der Waals surface area (Å²) >= 11 is 1.29. The van der Waals surface area contributed by atoms with E-state index in [0.29, 0.717) is 28.7 Å². The number of benzene rings is 3. The number of ether oxygens (including phenoxy) is 1. The van der Waals surface area contributed by atoms with E-state index in [-0.39, 0.29) is 11.8 Å². The van der Waals surface area contributed by atoms with Gasteiger partial charge in [-0.3, -0.25) is 14.9 Å². The minimum Gasteiger partial charge on any atom is -0.497 e. The zero-order valence-electron chi connectivity index (χ0n) is 19.2. The average Bonchev–Trinajstić information content (AvgIpc) is 3.59. The number of nitrogens with one attached hydrogen (secondary N) is 1. The lowest BCUT2D eigenvalue weighted by Crippen LogP contribution is -2.43. The molecule has 1 N–H and O–H groups in total. The molecule has 0 spiro atoms. The van der Waals surface area contributed by atoms with Crippen LogP contribution in [0.4, 0.5) is 5.13 Å². The third-order valence-electron chi connectivity index (χ3n) is 6.05. The van der Waals surface area contributed by atoms with E-state index in [4.69, 9.17) is 4.74 Å². The minimum absolute atomic E-state index is 0.140. The number of amides is 2. The van der Waals surface area contributed by atoms with Crippen LogP contribution in [0.5, 0.6) is 5.75 Å². The van der Waals surface area contributed by atoms with Gasteiger partial charge in [0.1, 0.15) is 16.8 Å². The van der Waals surface area contributed by atoms with Gasteiger partial charge in [0.2, 0.25) is 11.0 Å². The number of nitrogens with zero attached hydrogens (tertiary/aromatic N) is 3. The van der Waals surface area contributed by atoms with Crippen LogP contribution in [0, 0.1) is 0 Å². The Balaban J connectivity index is 1.26. The summed E-state index contributed by atoms with van der Waals surface area (Å²) in [7, 11) is 1.62. The lowest BCUT2D eigenvalue weighted by molar-refractivity contribution is -0.119. The fraction of sp³-hybridized carbons (Fsp3) is 0.185. The molecule has 0 aliphatic carbocycles. The second-order valence-electron chi connectivity index (χ2n) is 8.23. The molecule has 5 rings (SSSR count). The monoisotopic (exact) mass is 484 g/mol. The van der Waals surface area contributed by atoms with Gasteiger partial charge in [-0.05, 0) is 60.4 Å². The van der Waals surface area contributed by atoms with Gasteiger partial charge in [-0.15, -0.1) is 10.2 Å². The number of likely N-dealkylation sites (tertiary alicyclic amines) is 1. The van der Waals surface area contributed by atoms with Crippen molar-refractivity contribution in [2.45, 2.75) is 18.9 Å². The zero-order valence-corrected chi connectivity index (χ0v) is 20.0. The average molecular weight is 485 g/mol. The van der Waals surface area contributed by atoms with Crippen LogP contribution in [0.2, 0.25) is 0 Å². The highest BCUT2D eigenvalue weighted by Crippen LogP contribution is 2.29. The highest BCUT2D eigenvalue weighted by atomic mass is 32.1. The fourth-order valence-electron chi connectivity index (χ4n) is 4.20. The first kappa shape index (κ1) is 22.7. The Morgan fingerprint density at radius 1 is 0.914 bits per heavy atom. The molecule has 4 aromatic rings. The molecular formula is C27H24N4O3S. The molecule has 7 nitrogen and oxygen atoms in total. The van der Waals surface area contributed by atoms with Crippen molar-refractivity contribution in [3.05, 3.63) is 84.4 Å². The summed E-state index contributed by atoms with van der Waals surface area (Å²) in [4.78, 5) is 27.9. The summed E-state index contributed by atoms with van der Waals surface area (Å²) in [5.41, 5.74) is 3.60. The molecule has 8 heteroatoms. The van der Waals surface area contributed by atoms with Crippen molar-refractivity contribution in [3.8, 4) is 27.4 Å². The maximum Gasteiger partial charge on any atom is 0.254 e. The molecule has 0 radical (unpaired) electrons. The van der Waals surface area contributed by atoms with E-state index < -0.39 is 6.04 Å². The predicted molar refractivity (Wildman–Crippen MR) is 136 cm³/mol. The van der Waals surface area contributed by atoms with Gasteiger partial charge in [-0.2, -0.15) is 0 Å². The first-order valence-corrected chi connectivity index (χ1v) is 12.2. The largest absolute Gasteiger partial charge is 0.497 e. The van der Waals surface area contributed by atoms with Gasteiger partial charge in [-0.1, -0.05) is 53.8 Å². The van der Waals surface area contributed by atoms with Gasteiger partial charge in [0.05, 0.1) is 7.11 Å². The van der Waals surface area contributed by atoms with Crippen LogP contribution in [0.25, 0.3) is 21.7 Å². The first-order chi connectivity index (χ1) is 17.1. The Bertz CT molecular complexity index is 1320. The van der Waals surface area contributed by atoms with Crippen LogP contribution in [0.3, 0.4) is 0 Å². The van der Waals surface area contributed by atoms with E-state index in [1.807, 2.05) is 78.9 Å². The second kappa shape index (κ2) is 10.1. The van der Waals surface area contributed by atoms with Gasteiger partial charge < -0.3 is 9.64 Å². The third kappa shape index (κ3) is 4.93. The molecule has 0 saturated carbocycles. The van der Waals surface area contributed by atoms with E-state index in [9.17, 15) is 9.59 Å². The summed E-state index contributed by atoms with van der Waals surface area (Å²) in [6, 6.07) is 24.5. The van der Waals surface area contributed by atoms with Crippen molar-refractivity contribution in [2.24, 2.45) is 0 Å². The maximum absolute atomic E-state index is 13.2. The second-order valence-corrected chi connectivity index (χ2v) is 9.21. The Kier molecular flexibility index (Phi) is 6.54. The Labute approximate surface area is 207 Å². The summed E-state index contributed by atoms with van der Waals surface area (Å²) < 4.78 is 5.19. The number of rotatable bonds is 6. The number of hydrogen-bond acceptors (Lipinski definition) is 6. The molecule has 1 unspecified atom stereocenters. The van der Waals surface area contributed by atoms with Gasteiger partial charge in [0.15, 0.2) is 0 Å². The zero-order chi connectivity index (χ0) is 24.2. The molecule has 0 bridgehead atoms. The van der Waals surface area contributed by atoms with Crippen molar-refractivity contribution in [1.29, 1.82) is 0 Å². The number of anilines is 1. The minimum atomic E-state index is -0.537. The van der Waals surface area contributed by atoms with E-state index in [0.717, 1.165) is 28.9 Å². The third-order valence-corrected chi connectivity index (χ3v) is 6.94. The van der Waals surface area contributed by atoms with Crippen LogP contribution in [-0.4, -0.2) is 46.6 Å². The SMILES string of the molecule is COc1ccc(-c2nnc(NC(=O)C3CCCN3C(=O)c3ccc(-c4ccccc4)cc3)s2)cc1. The van der Waals surface area contributed by atoms with Gasteiger partial charge in [0.25, 0.3) is 5.91 Å². The number of methoxy groups -OCH3 is 1. The van der Waals surface area contributed by atoms with Crippen molar-refractivity contribution in [1.82, 2.24) is 15.1 Å². The standard InChI is InChI=1S/C27H24N4O3S/c1-34-22-15-13-20(14-16-22)25-29-30-27(35-25)28-24(32)23-8-5-17-31(23)26(33)21-11-9-19(10-12-21)18-6-3-2-4-7-18/h2-4,6-7,9-16,23H,5,8,17H2,1H3,(H,28,30,32). The summed E-state index contributed by atoms with van der Waals surface area (Å²) in [6.07, 6.45) is 1.39. The first-order valence-electron chi connectivity index (χ1n) is 11.4. The molecule has 1 fully saturated rings. The predicted octanol–water partition coefficient (Wildman–Crippen LogP) is 5.12. The topological polar surface area (TPSA) is 84.4 Å².